The number of benzene rings is 2. The second kappa shape index (κ2) is 6.67. The first kappa shape index (κ1) is 15.3. The summed E-state index contributed by atoms with van der Waals surface area (Å²) in [5.74, 6) is -0.293. The highest BCUT2D eigenvalue weighted by Crippen LogP contribution is 2.35. The van der Waals surface area contributed by atoms with Crippen LogP contribution in [0.3, 0.4) is 0 Å². The van der Waals surface area contributed by atoms with E-state index in [2.05, 4.69) is 11.9 Å². The third kappa shape index (κ3) is 2.98. The van der Waals surface area contributed by atoms with Crippen LogP contribution in [0.1, 0.15) is 18.0 Å². The van der Waals surface area contributed by atoms with Gasteiger partial charge in [0.25, 0.3) is 5.91 Å². The molecule has 2 aromatic rings. The van der Waals surface area contributed by atoms with Gasteiger partial charge in [-0.05, 0) is 24.1 Å². The lowest BCUT2D eigenvalue weighted by atomic mass is 10.0. The van der Waals surface area contributed by atoms with E-state index < -0.39 is 12.1 Å². The summed E-state index contributed by atoms with van der Waals surface area (Å²) in [6.45, 7) is 4.21. The number of amides is 1. The smallest absolute Gasteiger partial charge is 0.258 e. The van der Waals surface area contributed by atoms with Crippen LogP contribution in [0.25, 0.3) is 0 Å². The number of nitrogens with one attached hydrogen (secondary N) is 1. The maximum atomic E-state index is 12.8. The van der Waals surface area contributed by atoms with Crippen molar-refractivity contribution >= 4 is 17.3 Å². The molecule has 1 heterocycles. The summed E-state index contributed by atoms with van der Waals surface area (Å²) >= 11 is 0. The minimum atomic E-state index is -1.14. The van der Waals surface area contributed by atoms with Gasteiger partial charge in [-0.15, -0.1) is 6.58 Å². The van der Waals surface area contributed by atoms with Crippen molar-refractivity contribution < 1.29 is 9.90 Å². The molecule has 118 valence electrons. The Balaban J connectivity index is 2.03. The van der Waals surface area contributed by atoms with Crippen LogP contribution in [0.2, 0.25) is 0 Å². The van der Waals surface area contributed by atoms with E-state index in [1.54, 1.807) is 11.0 Å². The molecule has 23 heavy (non-hydrogen) atoms. The van der Waals surface area contributed by atoms with Crippen molar-refractivity contribution in [3.05, 3.63) is 72.8 Å². The normalized spacial score (nSPS) is 20.4. The summed E-state index contributed by atoms with van der Waals surface area (Å²) in [7, 11) is 0. The van der Waals surface area contributed by atoms with Crippen molar-refractivity contribution in [2.24, 2.45) is 0 Å². The van der Waals surface area contributed by atoms with Crippen LogP contribution in [-0.2, 0) is 4.79 Å². The van der Waals surface area contributed by atoms with E-state index in [1.165, 1.54) is 0 Å². The van der Waals surface area contributed by atoms with Crippen LogP contribution in [0, 0.1) is 0 Å². The summed E-state index contributed by atoms with van der Waals surface area (Å²) in [5.41, 5.74) is 2.51. The van der Waals surface area contributed by atoms with Gasteiger partial charge in [0.2, 0.25) is 0 Å². The average Bonchev–Trinajstić information content (AvgIpc) is 2.70. The Kier molecular flexibility index (Phi) is 4.44. The highest BCUT2D eigenvalue weighted by atomic mass is 16.3. The minimum absolute atomic E-state index is 0.293. The molecule has 4 nitrogen and oxygen atoms in total. The van der Waals surface area contributed by atoms with Crippen LogP contribution >= 0.6 is 0 Å². The highest BCUT2D eigenvalue weighted by molar-refractivity contribution is 6.01. The van der Waals surface area contributed by atoms with Gasteiger partial charge in [0, 0.05) is 6.54 Å². The second-order valence-electron chi connectivity index (χ2n) is 5.56. The number of aliphatic hydroxyl groups excluding tert-OH is 1. The molecule has 2 aromatic carbocycles. The molecule has 3 rings (SSSR count). The van der Waals surface area contributed by atoms with Gasteiger partial charge in [0.15, 0.2) is 6.10 Å². The number of hydrogen-bond donors (Lipinski definition) is 2. The largest absolute Gasteiger partial charge is 0.381 e. The molecule has 4 heteroatoms. The second-order valence-corrected chi connectivity index (χ2v) is 5.56. The fourth-order valence-corrected chi connectivity index (χ4v) is 2.88. The molecule has 0 radical (unpaired) electrons. The number of para-hydroxylation sites is 2. The molecule has 1 aliphatic rings. The van der Waals surface area contributed by atoms with Crippen molar-refractivity contribution in [1.82, 2.24) is 0 Å². The van der Waals surface area contributed by atoms with Gasteiger partial charge >= 0.3 is 0 Å². The van der Waals surface area contributed by atoms with Gasteiger partial charge in [0.05, 0.1) is 17.4 Å². The Morgan fingerprint density at radius 3 is 2.57 bits per heavy atom. The standard InChI is InChI=1S/C19H20N2O2/c1-2-3-13-21-16-12-8-7-11-15(16)20-17(18(22)19(21)23)14-9-5-4-6-10-14/h2,4-12,17-18,20,22H,1,3,13H2. The molecule has 2 N–H and O–H groups in total. The van der Waals surface area contributed by atoms with Gasteiger partial charge in [0.1, 0.15) is 0 Å². The van der Waals surface area contributed by atoms with E-state index in [4.69, 9.17) is 0 Å². The zero-order chi connectivity index (χ0) is 16.2. The van der Waals surface area contributed by atoms with E-state index in [0.717, 1.165) is 16.9 Å². The first-order valence-electron chi connectivity index (χ1n) is 7.73. The quantitative estimate of drug-likeness (QED) is 0.853. The summed E-state index contributed by atoms with van der Waals surface area (Å²) in [5, 5.41) is 14.0. The molecule has 0 spiro atoms. The predicted molar refractivity (Wildman–Crippen MR) is 92.4 cm³/mol. The first-order chi connectivity index (χ1) is 11.2. The van der Waals surface area contributed by atoms with Gasteiger partial charge in [-0.1, -0.05) is 48.5 Å². The highest BCUT2D eigenvalue weighted by Gasteiger charge is 2.35. The van der Waals surface area contributed by atoms with Crippen molar-refractivity contribution in [3.63, 3.8) is 0 Å². The molecular formula is C19H20N2O2. The van der Waals surface area contributed by atoms with Crippen LogP contribution < -0.4 is 10.2 Å². The lowest BCUT2D eigenvalue weighted by Crippen LogP contribution is -2.42. The van der Waals surface area contributed by atoms with Gasteiger partial charge in [-0.25, -0.2) is 0 Å². The van der Waals surface area contributed by atoms with Crippen LogP contribution in [0.15, 0.2) is 67.3 Å². The van der Waals surface area contributed by atoms with Gasteiger partial charge in [-0.2, -0.15) is 0 Å². The zero-order valence-corrected chi connectivity index (χ0v) is 12.9. The average molecular weight is 308 g/mol. The summed E-state index contributed by atoms with van der Waals surface area (Å²) in [6.07, 6.45) is 1.30. The summed E-state index contributed by atoms with van der Waals surface area (Å²) in [4.78, 5) is 14.4. The van der Waals surface area contributed by atoms with Crippen LogP contribution in [0.5, 0.6) is 0 Å². The Morgan fingerprint density at radius 2 is 1.83 bits per heavy atom. The molecule has 0 saturated carbocycles. The van der Waals surface area contributed by atoms with Gasteiger partial charge in [-0.3, -0.25) is 4.79 Å². The van der Waals surface area contributed by atoms with E-state index in [9.17, 15) is 9.90 Å². The molecule has 0 fully saturated rings. The number of rotatable bonds is 4. The maximum Gasteiger partial charge on any atom is 0.258 e. The van der Waals surface area contributed by atoms with Gasteiger partial charge < -0.3 is 15.3 Å². The Hall–Kier alpha value is -2.59. The number of anilines is 2. The van der Waals surface area contributed by atoms with Crippen molar-refractivity contribution in [2.45, 2.75) is 18.6 Å². The monoisotopic (exact) mass is 308 g/mol. The van der Waals surface area contributed by atoms with E-state index in [0.29, 0.717) is 13.0 Å². The zero-order valence-electron chi connectivity index (χ0n) is 12.9. The third-order valence-corrected chi connectivity index (χ3v) is 4.06. The fraction of sp³-hybridized carbons (Fsp3) is 0.211. The SMILES string of the molecule is C=CCCN1C(=O)C(O)C(c2ccccc2)Nc2ccccc21. The molecule has 2 atom stereocenters. The van der Waals surface area contributed by atoms with Crippen LogP contribution in [-0.4, -0.2) is 23.7 Å². The number of nitrogens with zero attached hydrogens (tertiary/aromatic N) is 1. The molecule has 2 unspecified atom stereocenters. The number of hydrogen-bond acceptors (Lipinski definition) is 3. The van der Waals surface area contributed by atoms with Crippen molar-refractivity contribution in [1.29, 1.82) is 0 Å². The Bertz CT molecular complexity index is 700. The molecule has 0 aliphatic carbocycles. The topological polar surface area (TPSA) is 52.6 Å². The predicted octanol–water partition coefficient (Wildman–Crippen LogP) is 3.12. The molecule has 0 saturated heterocycles. The molecule has 0 bridgehead atoms. The van der Waals surface area contributed by atoms with Crippen molar-refractivity contribution in [2.75, 3.05) is 16.8 Å². The third-order valence-electron chi connectivity index (χ3n) is 4.06. The molecule has 1 aliphatic heterocycles. The Labute approximate surface area is 136 Å². The summed E-state index contributed by atoms with van der Waals surface area (Å²) < 4.78 is 0. The van der Waals surface area contributed by atoms with E-state index in [-0.39, 0.29) is 5.91 Å². The lowest BCUT2D eigenvalue weighted by molar-refractivity contribution is -0.127. The molecule has 1 amide bonds. The summed E-state index contributed by atoms with van der Waals surface area (Å²) in [6, 6.07) is 16.7. The number of carbonyl (C=O) groups is 1. The molecule has 0 aromatic heterocycles. The first-order valence-corrected chi connectivity index (χ1v) is 7.73. The van der Waals surface area contributed by atoms with Crippen LogP contribution in [0.4, 0.5) is 11.4 Å². The Morgan fingerprint density at radius 1 is 1.13 bits per heavy atom. The number of fused-ring (bicyclic) bond motifs is 1. The fourth-order valence-electron chi connectivity index (χ4n) is 2.88. The molecular weight excluding hydrogens is 288 g/mol. The minimum Gasteiger partial charge on any atom is -0.381 e. The van der Waals surface area contributed by atoms with Crippen molar-refractivity contribution in [3.8, 4) is 0 Å². The van der Waals surface area contributed by atoms with E-state index >= 15 is 0 Å². The number of aliphatic hydroxyl groups is 1. The lowest BCUT2D eigenvalue weighted by Gasteiger charge is -2.24. The van der Waals surface area contributed by atoms with E-state index in [1.807, 2.05) is 54.6 Å². The maximum absolute atomic E-state index is 12.8. The number of carbonyl (C=O) groups excluding carboxylic acids is 1.